The fourth-order valence-corrected chi connectivity index (χ4v) is 8.66. The Labute approximate surface area is 262 Å². The van der Waals surface area contributed by atoms with Gasteiger partial charge in [0.25, 0.3) is 0 Å². The van der Waals surface area contributed by atoms with Crippen LogP contribution in [-0.2, 0) is 30.8 Å². The van der Waals surface area contributed by atoms with Crippen LogP contribution in [0.3, 0.4) is 0 Å². The third-order valence-corrected chi connectivity index (χ3v) is 11.4. The number of piperazine rings is 1. The van der Waals surface area contributed by atoms with Gasteiger partial charge in [-0.25, -0.2) is 8.42 Å². The average molecular weight is 699 g/mol. The lowest BCUT2D eigenvalue weighted by atomic mass is 9.97. The summed E-state index contributed by atoms with van der Waals surface area (Å²) in [6.07, 6.45) is 2.29. The molecule has 0 bridgehead atoms. The highest BCUT2D eigenvalue weighted by atomic mass is 79.9. The molecule has 2 N–H and O–H groups in total. The first-order chi connectivity index (χ1) is 20.0. The molecule has 2 aromatic carbocycles. The molecule has 4 unspecified atom stereocenters. The molecule has 224 valence electrons. The van der Waals surface area contributed by atoms with Crippen LogP contribution in [0.15, 0.2) is 51.8 Å². The Morgan fingerprint density at radius 2 is 1.76 bits per heavy atom. The van der Waals surface area contributed by atoms with Gasteiger partial charge in [-0.15, -0.1) is 0 Å². The smallest absolute Gasteiger partial charge is 0.248 e. The molecule has 1 aliphatic carbocycles. The Morgan fingerprint density at radius 1 is 1.02 bits per heavy atom. The second-order valence-corrected chi connectivity index (χ2v) is 14.8. The normalized spacial score (nSPS) is 26.8. The molecule has 0 spiro atoms. The van der Waals surface area contributed by atoms with Crippen molar-refractivity contribution in [3.8, 4) is 0 Å². The van der Waals surface area contributed by atoms with Crippen molar-refractivity contribution in [3.05, 3.63) is 62.5 Å². The molecular weight excluding hydrogens is 669 g/mol. The quantitative estimate of drug-likeness (QED) is 0.459. The van der Waals surface area contributed by atoms with E-state index in [1.54, 1.807) is 4.90 Å². The first-order valence-corrected chi connectivity index (χ1v) is 16.9. The molecule has 4 fully saturated rings. The lowest BCUT2D eigenvalue weighted by Crippen LogP contribution is -2.76. The number of nitrogens with one attached hydrogen (secondary N) is 2. The summed E-state index contributed by atoms with van der Waals surface area (Å²) in [5, 5.41) is 6.12. The van der Waals surface area contributed by atoms with Crippen LogP contribution in [0.2, 0.25) is 10.0 Å². The Hall–Kier alpha value is -2.22. The van der Waals surface area contributed by atoms with Gasteiger partial charge in [0.1, 0.15) is 23.1 Å². The van der Waals surface area contributed by atoms with Crippen molar-refractivity contribution in [2.45, 2.75) is 67.3 Å². The first-order valence-electron chi connectivity index (χ1n) is 13.9. The zero-order chi connectivity index (χ0) is 29.8. The number of hydrogen-bond donors (Lipinski definition) is 2. The molecule has 10 nitrogen and oxygen atoms in total. The largest absolute Gasteiger partial charge is 0.342 e. The molecule has 3 heterocycles. The Balaban J connectivity index is 1.42. The van der Waals surface area contributed by atoms with Crippen LogP contribution in [0.4, 0.5) is 0 Å². The molecule has 2 aromatic rings. The maximum atomic E-state index is 14.3. The van der Waals surface area contributed by atoms with E-state index in [1.165, 1.54) is 27.4 Å². The van der Waals surface area contributed by atoms with Crippen LogP contribution in [-0.4, -0.2) is 90.2 Å². The molecule has 4 aliphatic rings. The van der Waals surface area contributed by atoms with Crippen LogP contribution >= 0.6 is 39.1 Å². The van der Waals surface area contributed by atoms with Gasteiger partial charge in [0.2, 0.25) is 27.7 Å². The van der Waals surface area contributed by atoms with Crippen molar-refractivity contribution in [1.82, 2.24) is 24.7 Å². The molecule has 42 heavy (non-hydrogen) atoms. The average Bonchev–Trinajstić information content (AvgIpc) is 3.64. The third kappa shape index (κ3) is 5.69. The highest BCUT2D eigenvalue weighted by Crippen LogP contribution is 2.38. The summed E-state index contributed by atoms with van der Waals surface area (Å²) in [6, 6.07) is 8.94. The van der Waals surface area contributed by atoms with Gasteiger partial charge in [0, 0.05) is 28.5 Å². The van der Waals surface area contributed by atoms with Gasteiger partial charge in [0.15, 0.2) is 0 Å². The number of carbonyl (C=O) groups is 3. The molecule has 3 amide bonds. The van der Waals surface area contributed by atoms with Gasteiger partial charge in [0.05, 0.1) is 17.6 Å². The van der Waals surface area contributed by atoms with Crippen molar-refractivity contribution in [1.29, 1.82) is 0 Å². The molecule has 14 heteroatoms. The maximum absolute atomic E-state index is 14.3. The maximum Gasteiger partial charge on any atom is 0.248 e. The molecule has 6 rings (SSSR count). The van der Waals surface area contributed by atoms with E-state index < -0.39 is 40.2 Å². The molecule has 0 radical (unpaired) electrons. The molecule has 0 aromatic heterocycles. The second-order valence-electron chi connectivity index (χ2n) is 11.2. The first kappa shape index (κ1) is 29.8. The van der Waals surface area contributed by atoms with Crippen LogP contribution in [0.5, 0.6) is 0 Å². The zero-order valence-electron chi connectivity index (χ0n) is 22.5. The van der Waals surface area contributed by atoms with E-state index in [0.717, 1.165) is 29.3 Å². The third-order valence-electron chi connectivity index (χ3n) is 8.34. The van der Waals surface area contributed by atoms with E-state index in [0.29, 0.717) is 13.0 Å². The topological polar surface area (TPSA) is 119 Å². The van der Waals surface area contributed by atoms with Crippen molar-refractivity contribution in [3.63, 3.8) is 0 Å². The summed E-state index contributed by atoms with van der Waals surface area (Å²) in [5.74, 6) is -1.08. The number of amides is 3. The van der Waals surface area contributed by atoms with Crippen molar-refractivity contribution >= 4 is 66.9 Å². The minimum Gasteiger partial charge on any atom is -0.342 e. The summed E-state index contributed by atoms with van der Waals surface area (Å²) in [4.78, 5) is 44.2. The van der Waals surface area contributed by atoms with Gasteiger partial charge in [-0.2, -0.15) is 4.31 Å². The summed E-state index contributed by atoms with van der Waals surface area (Å²) in [6.45, 7) is 0.417. The van der Waals surface area contributed by atoms with Gasteiger partial charge >= 0.3 is 0 Å². The van der Waals surface area contributed by atoms with E-state index in [-0.39, 0.29) is 52.3 Å². The number of benzene rings is 2. The molecule has 3 saturated heterocycles. The van der Waals surface area contributed by atoms with Gasteiger partial charge in [-0.3, -0.25) is 14.4 Å². The fourth-order valence-electron chi connectivity index (χ4n) is 6.06. The van der Waals surface area contributed by atoms with Gasteiger partial charge in [-0.05, 0) is 68.1 Å². The van der Waals surface area contributed by atoms with E-state index in [2.05, 4.69) is 26.6 Å². The van der Waals surface area contributed by atoms with Gasteiger partial charge < -0.3 is 20.4 Å². The lowest BCUT2D eigenvalue weighted by Gasteiger charge is -2.53. The predicted octanol–water partition coefficient (Wildman–Crippen LogP) is 2.77. The van der Waals surface area contributed by atoms with Crippen molar-refractivity contribution in [2.75, 3.05) is 19.6 Å². The van der Waals surface area contributed by atoms with Crippen LogP contribution in [0.25, 0.3) is 0 Å². The van der Waals surface area contributed by atoms with Crippen LogP contribution in [0, 0.1) is 0 Å². The molecular formula is C28H30BrCl2N5O5S. The standard InChI is InChI=1S/C28H30BrCl2N5O5S/c29-17-5-3-16(4-6-17)12-23-28(39)34(19-8-9-19)15-25-35(42(40,41)24-10-7-18(30)13-20(24)31)14-22(27(38)36(23)25)33-26(37)21-2-1-11-32-21/h3-7,10,13,19,21-23,25,32H,1-2,8-9,11-12,14-15H2,(H,33,37). The summed E-state index contributed by atoms with van der Waals surface area (Å²) in [7, 11) is -4.30. The molecule has 4 atom stereocenters. The number of hydrogen-bond acceptors (Lipinski definition) is 6. The summed E-state index contributed by atoms with van der Waals surface area (Å²) >= 11 is 15.9. The monoisotopic (exact) mass is 697 g/mol. The number of halogens is 3. The van der Waals surface area contributed by atoms with Crippen molar-refractivity contribution in [2.24, 2.45) is 0 Å². The Morgan fingerprint density at radius 3 is 2.40 bits per heavy atom. The van der Waals surface area contributed by atoms with Crippen molar-refractivity contribution < 1.29 is 22.8 Å². The van der Waals surface area contributed by atoms with E-state index in [9.17, 15) is 22.8 Å². The predicted molar refractivity (Wildman–Crippen MR) is 160 cm³/mol. The highest BCUT2D eigenvalue weighted by molar-refractivity contribution is 9.10. The lowest BCUT2D eigenvalue weighted by molar-refractivity contribution is -0.168. The van der Waals surface area contributed by atoms with E-state index in [4.69, 9.17) is 23.2 Å². The Kier molecular flexibility index (Phi) is 8.31. The zero-order valence-corrected chi connectivity index (χ0v) is 26.4. The van der Waals surface area contributed by atoms with Crippen LogP contribution in [0.1, 0.15) is 31.2 Å². The minimum absolute atomic E-state index is 0.00305. The van der Waals surface area contributed by atoms with Crippen LogP contribution < -0.4 is 10.6 Å². The summed E-state index contributed by atoms with van der Waals surface area (Å²) < 4.78 is 30.6. The van der Waals surface area contributed by atoms with E-state index >= 15 is 0 Å². The number of fused-ring (bicyclic) bond motifs is 1. The highest BCUT2D eigenvalue weighted by Gasteiger charge is 2.56. The van der Waals surface area contributed by atoms with Gasteiger partial charge in [-0.1, -0.05) is 51.3 Å². The molecule has 3 aliphatic heterocycles. The summed E-state index contributed by atoms with van der Waals surface area (Å²) in [5.41, 5.74) is 0.817. The van der Waals surface area contributed by atoms with E-state index in [1.807, 2.05) is 24.3 Å². The minimum atomic E-state index is -4.30. The fraction of sp³-hybridized carbons (Fsp3) is 0.464. The molecule has 1 saturated carbocycles. The number of carbonyl (C=O) groups excluding carboxylic acids is 3. The Bertz CT molecular complexity index is 1520. The number of rotatable bonds is 7. The number of nitrogens with zero attached hydrogens (tertiary/aromatic N) is 3. The number of sulfonamides is 1. The second kappa shape index (κ2) is 11.7. The SMILES string of the molecule is O=C(NC1CN(S(=O)(=O)c2ccc(Cl)cc2Cl)C2CN(C3CC3)C(=O)C(Cc3ccc(Br)cc3)N2C1=O)C1CCCN1.